The van der Waals surface area contributed by atoms with Gasteiger partial charge in [-0.25, -0.2) is 0 Å². The first kappa shape index (κ1) is 11.6. The molecule has 2 N–H and O–H groups in total. The number of fused-ring (bicyclic) bond motifs is 1. The van der Waals surface area contributed by atoms with Gasteiger partial charge in [0.15, 0.2) is 5.88 Å². The molecule has 0 saturated carbocycles. The van der Waals surface area contributed by atoms with Crippen molar-refractivity contribution >= 4 is 5.91 Å². The number of rotatable bonds is 2. The van der Waals surface area contributed by atoms with Crippen molar-refractivity contribution in [3.05, 3.63) is 17.8 Å². The van der Waals surface area contributed by atoms with Crippen LogP contribution in [0.15, 0.2) is 12.1 Å². The monoisotopic (exact) mass is 249 g/mol. The summed E-state index contributed by atoms with van der Waals surface area (Å²) in [6.45, 7) is 6.41. The van der Waals surface area contributed by atoms with E-state index in [2.05, 4.69) is 35.1 Å². The van der Waals surface area contributed by atoms with E-state index in [1.165, 1.54) is 5.69 Å². The average molecular weight is 249 g/mol. The maximum Gasteiger partial charge on any atom is 0.237 e. The summed E-state index contributed by atoms with van der Waals surface area (Å²) in [6, 6.07) is 4.15. The summed E-state index contributed by atoms with van der Waals surface area (Å²) in [6.07, 6.45) is 0. The Hall–Kier alpha value is -1.49. The Balaban J connectivity index is 1.82. The Morgan fingerprint density at radius 1 is 1.44 bits per heavy atom. The fraction of sp³-hybridized carbons (Fsp3) is 0.615. The Kier molecular flexibility index (Phi) is 2.78. The number of hydrogen-bond donors (Lipinski definition) is 2. The molecule has 1 unspecified atom stereocenters. The Labute approximate surface area is 106 Å². The second-order valence-electron chi connectivity index (χ2n) is 5.28. The molecule has 0 aliphatic carbocycles. The van der Waals surface area contributed by atoms with E-state index in [0.717, 1.165) is 19.0 Å². The summed E-state index contributed by atoms with van der Waals surface area (Å²) in [5.41, 5.74) is 1.20. The molecule has 18 heavy (non-hydrogen) atoms. The van der Waals surface area contributed by atoms with Gasteiger partial charge in [0.25, 0.3) is 0 Å². The van der Waals surface area contributed by atoms with Crippen LogP contribution in [0.1, 0.15) is 25.6 Å². The van der Waals surface area contributed by atoms with E-state index in [9.17, 15) is 4.79 Å². The minimum Gasteiger partial charge on any atom is -0.477 e. The highest BCUT2D eigenvalue weighted by Crippen LogP contribution is 2.27. The van der Waals surface area contributed by atoms with E-state index >= 15 is 0 Å². The predicted molar refractivity (Wildman–Crippen MR) is 67.4 cm³/mol. The topological polar surface area (TPSA) is 55.3 Å². The third kappa shape index (κ3) is 1.79. The van der Waals surface area contributed by atoms with E-state index in [4.69, 9.17) is 4.74 Å². The average Bonchev–Trinajstić information content (AvgIpc) is 2.91. The number of nitrogens with one attached hydrogen (secondary N) is 2. The molecular weight excluding hydrogens is 230 g/mol. The molecule has 0 spiro atoms. The standard InChI is InChI=1S/C13H19N3O2/c1-8(2)12-13(17)14-7-9(15-12)10-3-4-11-16(10)5-6-18-11/h3-4,8-9,12,15H,5-7H2,1-2H3,(H,14,17)/t9?,12-/m0/s1. The van der Waals surface area contributed by atoms with E-state index in [1.54, 1.807) is 0 Å². The van der Waals surface area contributed by atoms with Crippen LogP contribution in [0.25, 0.3) is 0 Å². The van der Waals surface area contributed by atoms with E-state index in [0.29, 0.717) is 6.54 Å². The molecule has 0 aromatic carbocycles. The number of piperazine rings is 1. The molecule has 2 aliphatic rings. The van der Waals surface area contributed by atoms with Crippen molar-refractivity contribution in [2.24, 2.45) is 5.92 Å². The van der Waals surface area contributed by atoms with Gasteiger partial charge in [0.2, 0.25) is 5.91 Å². The van der Waals surface area contributed by atoms with Gasteiger partial charge in [0.1, 0.15) is 6.61 Å². The lowest BCUT2D eigenvalue weighted by molar-refractivity contribution is -0.126. The smallest absolute Gasteiger partial charge is 0.237 e. The Bertz CT molecular complexity index is 467. The van der Waals surface area contributed by atoms with Gasteiger partial charge in [-0.3, -0.25) is 10.1 Å². The normalized spacial score (nSPS) is 26.9. The summed E-state index contributed by atoms with van der Waals surface area (Å²) in [5.74, 6) is 1.33. The number of ether oxygens (including phenoxy) is 1. The van der Waals surface area contributed by atoms with Crippen LogP contribution in [0.3, 0.4) is 0 Å². The fourth-order valence-electron chi connectivity index (χ4n) is 2.72. The number of aromatic nitrogens is 1. The van der Waals surface area contributed by atoms with Gasteiger partial charge in [-0.1, -0.05) is 13.8 Å². The second kappa shape index (κ2) is 4.31. The number of amides is 1. The number of nitrogens with zero attached hydrogens (tertiary/aromatic N) is 1. The van der Waals surface area contributed by atoms with Gasteiger partial charge in [-0.2, -0.15) is 0 Å². The molecule has 3 heterocycles. The molecule has 1 saturated heterocycles. The summed E-state index contributed by atoms with van der Waals surface area (Å²) in [4.78, 5) is 11.8. The second-order valence-corrected chi connectivity index (χ2v) is 5.28. The lowest BCUT2D eigenvalue weighted by Crippen LogP contribution is -2.56. The van der Waals surface area contributed by atoms with Crippen molar-refractivity contribution in [3.8, 4) is 5.88 Å². The molecule has 0 radical (unpaired) electrons. The Morgan fingerprint density at radius 2 is 2.28 bits per heavy atom. The zero-order valence-corrected chi connectivity index (χ0v) is 10.8. The molecule has 1 aromatic rings. The Morgan fingerprint density at radius 3 is 3.06 bits per heavy atom. The van der Waals surface area contributed by atoms with Crippen molar-refractivity contribution in [1.29, 1.82) is 0 Å². The molecule has 1 amide bonds. The lowest BCUT2D eigenvalue weighted by Gasteiger charge is -2.33. The van der Waals surface area contributed by atoms with Crippen LogP contribution in [-0.2, 0) is 11.3 Å². The largest absolute Gasteiger partial charge is 0.477 e. The van der Waals surface area contributed by atoms with Gasteiger partial charge in [0, 0.05) is 18.3 Å². The molecule has 0 bridgehead atoms. The summed E-state index contributed by atoms with van der Waals surface area (Å²) in [5, 5.41) is 6.43. The van der Waals surface area contributed by atoms with E-state index in [-0.39, 0.29) is 23.9 Å². The summed E-state index contributed by atoms with van der Waals surface area (Å²) < 4.78 is 7.70. The molecule has 2 atom stereocenters. The number of hydrogen-bond acceptors (Lipinski definition) is 3. The van der Waals surface area contributed by atoms with Crippen LogP contribution < -0.4 is 15.4 Å². The van der Waals surface area contributed by atoms with Gasteiger partial charge in [0.05, 0.1) is 18.6 Å². The van der Waals surface area contributed by atoms with Crippen LogP contribution in [0, 0.1) is 5.92 Å². The lowest BCUT2D eigenvalue weighted by atomic mass is 9.98. The number of carbonyl (C=O) groups is 1. The summed E-state index contributed by atoms with van der Waals surface area (Å²) in [7, 11) is 0. The fourth-order valence-corrected chi connectivity index (χ4v) is 2.72. The zero-order chi connectivity index (χ0) is 12.7. The first-order valence-electron chi connectivity index (χ1n) is 6.53. The number of carbonyl (C=O) groups excluding carboxylic acids is 1. The van der Waals surface area contributed by atoms with Gasteiger partial charge < -0.3 is 14.6 Å². The van der Waals surface area contributed by atoms with Crippen LogP contribution >= 0.6 is 0 Å². The van der Waals surface area contributed by atoms with Crippen LogP contribution in [0.4, 0.5) is 0 Å². The zero-order valence-electron chi connectivity index (χ0n) is 10.8. The SMILES string of the molecule is CC(C)[C@@H]1NC(c2ccc3n2CCO3)CNC1=O. The maximum absolute atomic E-state index is 11.8. The van der Waals surface area contributed by atoms with Crippen LogP contribution in [0.5, 0.6) is 5.88 Å². The molecule has 1 fully saturated rings. The highest BCUT2D eigenvalue weighted by Gasteiger charge is 2.32. The molecule has 2 aliphatic heterocycles. The third-order valence-electron chi connectivity index (χ3n) is 3.71. The van der Waals surface area contributed by atoms with Crippen LogP contribution in [0.2, 0.25) is 0 Å². The van der Waals surface area contributed by atoms with Crippen molar-refractivity contribution in [3.63, 3.8) is 0 Å². The third-order valence-corrected chi connectivity index (χ3v) is 3.71. The molecule has 1 aromatic heterocycles. The molecule has 5 heteroatoms. The summed E-state index contributed by atoms with van der Waals surface area (Å²) >= 11 is 0. The predicted octanol–water partition coefficient (Wildman–Crippen LogP) is 0.666. The highest BCUT2D eigenvalue weighted by atomic mass is 16.5. The van der Waals surface area contributed by atoms with Crippen molar-refractivity contribution in [2.75, 3.05) is 13.2 Å². The first-order valence-corrected chi connectivity index (χ1v) is 6.53. The van der Waals surface area contributed by atoms with Crippen LogP contribution in [-0.4, -0.2) is 29.7 Å². The minimum atomic E-state index is -0.114. The maximum atomic E-state index is 11.8. The molecule has 3 rings (SSSR count). The van der Waals surface area contributed by atoms with E-state index < -0.39 is 0 Å². The molecular formula is C13H19N3O2. The van der Waals surface area contributed by atoms with Gasteiger partial charge in [-0.05, 0) is 12.0 Å². The van der Waals surface area contributed by atoms with Crippen molar-refractivity contribution < 1.29 is 9.53 Å². The minimum absolute atomic E-state index is 0.103. The van der Waals surface area contributed by atoms with Gasteiger partial charge >= 0.3 is 0 Å². The highest BCUT2D eigenvalue weighted by molar-refractivity contribution is 5.82. The van der Waals surface area contributed by atoms with Crippen molar-refractivity contribution in [2.45, 2.75) is 32.5 Å². The van der Waals surface area contributed by atoms with Crippen molar-refractivity contribution in [1.82, 2.24) is 15.2 Å². The molecule has 98 valence electrons. The van der Waals surface area contributed by atoms with Gasteiger partial charge in [-0.15, -0.1) is 0 Å². The first-order chi connectivity index (χ1) is 8.66. The quantitative estimate of drug-likeness (QED) is 0.810. The molecule has 5 nitrogen and oxygen atoms in total. The van der Waals surface area contributed by atoms with E-state index in [1.807, 2.05) is 6.07 Å².